The molecule has 32 heavy (non-hydrogen) atoms. The Balaban J connectivity index is 1.79. The summed E-state index contributed by atoms with van der Waals surface area (Å²) in [5.74, 6) is 0.118. The highest BCUT2D eigenvalue weighted by molar-refractivity contribution is 6.10. The highest BCUT2D eigenvalue weighted by Crippen LogP contribution is 2.27. The van der Waals surface area contributed by atoms with E-state index in [-0.39, 0.29) is 17.4 Å². The molecule has 4 aromatic rings. The maximum atomic E-state index is 13.4. The number of hydrogen-bond acceptors (Lipinski definition) is 6. The van der Waals surface area contributed by atoms with Crippen LogP contribution in [-0.2, 0) is 0 Å². The first-order valence-corrected chi connectivity index (χ1v) is 9.97. The number of carbonyl (C=O) groups is 1. The lowest BCUT2D eigenvalue weighted by Gasteiger charge is -2.17. The van der Waals surface area contributed by atoms with E-state index in [1.165, 1.54) is 25.1 Å². The van der Waals surface area contributed by atoms with Crippen LogP contribution in [0, 0.1) is 0 Å². The van der Waals surface area contributed by atoms with Gasteiger partial charge in [-0.15, -0.1) is 0 Å². The second-order valence-electron chi connectivity index (χ2n) is 7.11. The predicted molar refractivity (Wildman–Crippen MR) is 119 cm³/mol. The first-order chi connectivity index (χ1) is 15.5. The maximum absolute atomic E-state index is 13.4. The average Bonchev–Trinajstić information content (AvgIpc) is 3.38. The molecule has 0 bridgehead atoms. The molecule has 2 heterocycles. The number of methoxy groups -OCH3 is 2. The first kappa shape index (κ1) is 21.0. The number of aromatic nitrogens is 4. The Morgan fingerprint density at radius 3 is 2.44 bits per heavy atom. The van der Waals surface area contributed by atoms with Gasteiger partial charge in [-0.05, 0) is 30.7 Å². The van der Waals surface area contributed by atoms with Crippen LogP contribution in [0.25, 0.3) is 5.69 Å². The number of hydrogen-bond donors (Lipinski definition) is 0. The average molecular weight is 430 g/mol. The fourth-order valence-corrected chi connectivity index (χ4v) is 3.54. The minimum Gasteiger partial charge on any atom is -0.495 e. The molecule has 0 saturated heterocycles. The molecule has 0 spiro atoms. The monoisotopic (exact) mass is 430 g/mol. The molecule has 2 aromatic carbocycles. The fraction of sp³-hybridized carbons (Fsp3) is 0.167. The van der Waals surface area contributed by atoms with Gasteiger partial charge in [0.2, 0.25) is 5.78 Å². The van der Waals surface area contributed by atoms with Crippen LogP contribution in [0.3, 0.4) is 0 Å². The van der Waals surface area contributed by atoms with Gasteiger partial charge in [0.25, 0.3) is 5.56 Å². The SMILES string of the molecule is COc1cc(C(=O)c2c(OC)cnn(C(C)c3ccccc3)c2=O)ccc1-n1ccnc1. The molecule has 2 aromatic heterocycles. The summed E-state index contributed by atoms with van der Waals surface area (Å²) in [6.07, 6.45) is 6.45. The Bertz CT molecular complexity index is 1300. The Labute approximate surface area is 184 Å². The molecule has 0 aliphatic carbocycles. The number of rotatable bonds is 7. The van der Waals surface area contributed by atoms with Crippen molar-refractivity contribution in [3.05, 3.63) is 100 Å². The molecular formula is C24H22N4O4. The third kappa shape index (κ3) is 3.78. The zero-order valence-electron chi connectivity index (χ0n) is 17.9. The van der Waals surface area contributed by atoms with Gasteiger partial charge in [-0.3, -0.25) is 9.59 Å². The molecule has 0 fully saturated rings. The summed E-state index contributed by atoms with van der Waals surface area (Å²) < 4.78 is 13.8. The molecular weight excluding hydrogens is 408 g/mol. The molecule has 0 aliphatic rings. The molecule has 0 radical (unpaired) electrons. The van der Waals surface area contributed by atoms with Gasteiger partial charge in [0.1, 0.15) is 11.3 Å². The zero-order chi connectivity index (χ0) is 22.7. The van der Waals surface area contributed by atoms with Crippen molar-refractivity contribution in [3.8, 4) is 17.2 Å². The third-order valence-electron chi connectivity index (χ3n) is 5.29. The third-order valence-corrected chi connectivity index (χ3v) is 5.29. The highest BCUT2D eigenvalue weighted by atomic mass is 16.5. The molecule has 0 saturated carbocycles. The summed E-state index contributed by atoms with van der Waals surface area (Å²) in [5, 5.41) is 4.24. The molecule has 0 amide bonds. The van der Waals surface area contributed by atoms with E-state index < -0.39 is 11.3 Å². The van der Waals surface area contributed by atoms with Gasteiger partial charge in [0, 0.05) is 18.0 Å². The molecule has 8 nitrogen and oxygen atoms in total. The Hall–Kier alpha value is -4.20. The van der Waals surface area contributed by atoms with Crippen LogP contribution in [0.15, 0.2) is 78.2 Å². The Morgan fingerprint density at radius 1 is 1.03 bits per heavy atom. The smallest absolute Gasteiger partial charge is 0.282 e. The van der Waals surface area contributed by atoms with Crippen LogP contribution in [-0.4, -0.2) is 39.3 Å². The molecule has 8 heteroatoms. The van der Waals surface area contributed by atoms with E-state index in [4.69, 9.17) is 9.47 Å². The minimum absolute atomic E-state index is 0.0808. The fourth-order valence-electron chi connectivity index (χ4n) is 3.54. The van der Waals surface area contributed by atoms with Crippen molar-refractivity contribution < 1.29 is 14.3 Å². The van der Waals surface area contributed by atoms with Crippen LogP contribution in [0.5, 0.6) is 11.5 Å². The second-order valence-corrected chi connectivity index (χ2v) is 7.11. The van der Waals surface area contributed by atoms with E-state index in [0.717, 1.165) is 11.3 Å². The van der Waals surface area contributed by atoms with Crippen LogP contribution >= 0.6 is 0 Å². The summed E-state index contributed by atoms with van der Waals surface area (Å²) in [7, 11) is 2.92. The number of nitrogens with zero attached hydrogens (tertiary/aromatic N) is 4. The highest BCUT2D eigenvalue weighted by Gasteiger charge is 2.24. The summed E-state index contributed by atoms with van der Waals surface area (Å²) >= 11 is 0. The van der Waals surface area contributed by atoms with Gasteiger partial charge in [0.05, 0.1) is 38.5 Å². The molecule has 1 unspecified atom stereocenters. The molecule has 162 valence electrons. The number of carbonyl (C=O) groups excluding carboxylic acids is 1. The number of ketones is 1. The van der Waals surface area contributed by atoms with E-state index in [2.05, 4.69) is 10.1 Å². The van der Waals surface area contributed by atoms with Crippen molar-refractivity contribution >= 4 is 5.78 Å². The van der Waals surface area contributed by atoms with Gasteiger partial charge < -0.3 is 14.0 Å². The molecule has 0 N–H and O–H groups in total. The van der Waals surface area contributed by atoms with Gasteiger partial charge in [-0.25, -0.2) is 9.67 Å². The largest absolute Gasteiger partial charge is 0.495 e. The van der Waals surface area contributed by atoms with Crippen LogP contribution in [0.1, 0.15) is 34.5 Å². The first-order valence-electron chi connectivity index (χ1n) is 9.97. The minimum atomic E-state index is -0.525. The molecule has 4 rings (SSSR count). The van der Waals surface area contributed by atoms with E-state index in [0.29, 0.717) is 11.3 Å². The van der Waals surface area contributed by atoms with Crippen LogP contribution in [0.4, 0.5) is 0 Å². The lowest BCUT2D eigenvalue weighted by molar-refractivity contribution is 0.103. The number of ether oxygens (including phenoxy) is 2. The van der Waals surface area contributed by atoms with Gasteiger partial charge in [-0.2, -0.15) is 5.10 Å². The lowest BCUT2D eigenvalue weighted by Crippen LogP contribution is -2.32. The van der Waals surface area contributed by atoms with Crippen LogP contribution < -0.4 is 15.0 Å². The Kier molecular flexibility index (Phi) is 5.85. The van der Waals surface area contributed by atoms with Crippen molar-refractivity contribution in [3.63, 3.8) is 0 Å². The van der Waals surface area contributed by atoms with E-state index in [9.17, 15) is 9.59 Å². The normalized spacial score (nSPS) is 11.7. The van der Waals surface area contributed by atoms with Gasteiger partial charge >= 0.3 is 0 Å². The second kappa shape index (κ2) is 8.89. The maximum Gasteiger partial charge on any atom is 0.282 e. The quantitative estimate of drug-likeness (QED) is 0.418. The van der Waals surface area contributed by atoms with Crippen molar-refractivity contribution in [1.29, 1.82) is 0 Å². The van der Waals surface area contributed by atoms with Crippen LogP contribution in [0.2, 0.25) is 0 Å². The van der Waals surface area contributed by atoms with Crippen molar-refractivity contribution in [2.45, 2.75) is 13.0 Å². The van der Waals surface area contributed by atoms with Gasteiger partial charge in [-0.1, -0.05) is 30.3 Å². The summed E-state index contributed by atoms with van der Waals surface area (Å²) in [4.78, 5) is 30.8. The standard InChI is InChI=1S/C24H22N4O4/c1-16(17-7-5-4-6-8-17)28-24(30)22(21(32-3)14-26-28)23(29)18-9-10-19(20(13-18)31-2)27-12-11-25-15-27/h4-16H,1-3H3. The zero-order valence-corrected chi connectivity index (χ0v) is 17.9. The summed E-state index contributed by atoms with van der Waals surface area (Å²) in [5.41, 5.74) is 1.31. The van der Waals surface area contributed by atoms with Crippen molar-refractivity contribution in [2.24, 2.45) is 0 Å². The number of benzene rings is 2. The predicted octanol–water partition coefficient (Wildman–Crippen LogP) is 3.29. The van der Waals surface area contributed by atoms with E-state index in [1.807, 2.05) is 37.3 Å². The summed E-state index contributed by atoms with van der Waals surface area (Å²) in [6.45, 7) is 1.85. The lowest BCUT2D eigenvalue weighted by atomic mass is 10.0. The molecule has 0 aliphatic heterocycles. The van der Waals surface area contributed by atoms with Gasteiger partial charge in [0.15, 0.2) is 5.75 Å². The van der Waals surface area contributed by atoms with E-state index >= 15 is 0 Å². The van der Waals surface area contributed by atoms with Crippen molar-refractivity contribution in [1.82, 2.24) is 19.3 Å². The summed E-state index contributed by atoms with van der Waals surface area (Å²) in [6, 6.07) is 14.1. The Morgan fingerprint density at radius 2 is 1.78 bits per heavy atom. The number of imidazole rings is 1. The molecule has 1 atom stereocenters. The van der Waals surface area contributed by atoms with E-state index in [1.54, 1.807) is 41.5 Å². The topological polar surface area (TPSA) is 88.2 Å². The van der Waals surface area contributed by atoms with Crippen molar-refractivity contribution in [2.75, 3.05) is 14.2 Å².